The first-order chi connectivity index (χ1) is 12.3. The number of alkyl halides is 3. The summed E-state index contributed by atoms with van der Waals surface area (Å²) in [5.41, 5.74) is 2.01. The second-order valence-electron chi connectivity index (χ2n) is 5.62. The van der Waals surface area contributed by atoms with Crippen LogP contribution < -0.4 is 14.9 Å². The van der Waals surface area contributed by atoms with Crippen molar-refractivity contribution in [2.24, 2.45) is 5.10 Å². The van der Waals surface area contributed by atoms with Gasteiger partial charge in [-0.1, -0.05) is 24.3 Å². The number of rotatable bonds is 3. The number of ether oxygens (including phenoxy) is 2. The van der Waals surface area contributed by atoms with E-state index in [1.165, 1.54) is 19.1 Å². The Kier molecular flexibility index (Phi) is 4.83. The number of nitrogens with zero attached hydrogens (tertiary/aromatic N) is 1. The van der Waals surface area contributed by atoms with Crippen molar-refractivity contribution < 1.29 is 27.4 Å². The number of carbonyl (C=O) groups is 1. The smallest absolute Gasteiger partial charge is 0.416 e. The van der Waals surface area contributed by atoms with Crippen molar-refractivity contribution in [2.75, 3.05) is 6.61 Å². The lowest BCUT2D eigenvalue weighted by molar-refractivity contribution is -0.137. The van der Waals surface area contributed by atoms with E-state index in [1.54, 1.807) is 24.3 Å². The fraction of sp³-hybridized carbons (Fsp3) is 0.222. The second kappa shape index (κ2) is 7.07. The standard InChI is InChI=1S/C18H15F3N2O3/c1-11(12-5-4-6-13(9-12)18(19,20)21)22-23-17(24)16-10-25-14-7-2-3-8-15(14)26-16/h2-9,16H,10H2,1H3,(H,23,24)/b22-11+/t16-/m1/s1. The van der Waals surface area contributed by atoms with E-state index in [-0.39, 0.29) is 17.9 Å². The number of hydrogen-bond acceptors (Lipinski definition) is 4. The normalized spacial score (nSPS) is 16.9. The topological polar surface area (TPSA) is 59.9 Å². The average molecular weight is 364 g/mol. The maximum Gasteiger partial charge on any atom is 0.416 e. The van der Waals surface area contributed by atoms with E-state index in [4.69, 9.17) is 9.47 Å². The zero-order valence-electron chi connectivity index (χ0n) is 13.7. The summed E-state index contributed by atoms with van der Waals surface area (Å²) in [5, 5.41) is 3.86. The fourth-order valence-electron chi connectivity index (χ4n) is 2.34. The Morgan fingerprint density at radius 3 is 2.62 bits per heavy atom. The van der Waals surface area contributed by atoms with E-state index in [9.17, 15) is 18.0 Å². The molecule has 3 rings (SSSR count). The zero-order chi connectivity index (χ0) is 18.7. The predicted octanol–water partition coefficient (Wildman–Crippen LogP) is 3.39. The Hall–Kier alpha value is -3.03. The second-order valence-corrected chi connectivity index (χ2v) is 5.62. The third-order valence-corrected chi connectivity index (χ3v) is 3.74. The van der Waals surface area contributed by atoms with Crippen LogP contribution in [0.3, 0.4) is 0 Å². The number of amides is 1. The molecule has 2 aromatic rings. The number of halogens is 3. The van der Waals surface area contributed by atoms with Crippen molar-refractivity contribution in [1.82, 2.24) is 5.43 Å². The molecule has 0 fully saturated rings. The highest BCUT2D eigenvalue weighted by Gasteiger charge is 2.30. The van der Waals surface area contributed by atoms with Crippen LogP contribution in [0.2, 0.25) is 0 Å². The molecular weight excluding hydrogens is 349 g/mol. The quantitative estimate of drug-likeness (QED) is 0.671. The molecule has 1 amide bonds. The first-order valence-electron chi connectivity index (χ1n) is 7.75. The van der Waals surface area contributed by atoms with Crippen LogP contribution in [0.4, 0.5) is 13.2 Å². The van der Waals surface area contributed by atoms with Crippen LogP contribution in [0.5, 0.6) is 11.5 Å². The minimum atomic E-state index is -4.44. The lowest BCUT2D eigenvalue weighted by Crippen LogP contribution is -2.42. The van der Waals surface area contributed by atoms with Gasteiger partial charge >= 0.3 is 6.18 Å². The Morgan fingerprint density at radius 1 is 1.15 bits per heavy atom. The largest absolute Gasteiger partial charge is 0.485 e. The molecule has 8 heteroatoms. The molecule has 5 nitrogen and oxygen atoms in total. The Bertz CT molecular complexity index is 850. The third-order valence-electron chi connectivity index (χ3n) is 3.74. The lowest BCUT2D eigenvalue weighted by Gasteiger charge is -2.24. The van der Waals surface area contributed by atoms with E-state index in [1.807, 2.05) is 0 Å². The van der Waals surface area contributed by atoms with Gasteiger partial charge in [0, 0.05) is 0 Å². The van der Waals surface area contributed by atoms with Crippen LogP contribution in [0.15, 0.2) is 53.6 Å². The van der Waals surface area contributed by atoms with E-state index < -0.39 is 23.8 Å². The van der Waals surface area contributed by atoms with Gasteiger partial charge in [-0.15, -0.1) is 0 Å². The Balaban J connectivity index is 1.67. The van der Waals surface area contributed by atoms with Crippen LogP contribution in [-0.4, -0.2) is 24.3 Å². The molecule has 0 radical (unpaired) electrons. The summed E-state index contributed by atoms with van der Waals surface area (Å²) in [6, 6.07) is 11.6. The van der Waals surface area contributed by atoms with Crippen molar-refractivity contribution >= 4 is 11.6 Å². The van der Waals surface area contributed by atoms with Gasteiger partial charge in [-0.3, -0.25) is 4.79 Å². The molecule has 1 aliphatic heterocycles. The van der Waals surface area contributed by atoms with Gasteiger partial charge in [0.1, 0.15) is 6.61 Å². The van der Waals surface area contributed by atoms with Gasteiger partial charge in [0.25, 0.3) is 5.91 Å². The number of benzene rings is 2. The number of hydrazone groups is 1. The molecule has 1 heterocycles. The van der Waals surface area contributed by atoms with Crippen LogP contribution in [0, 0.1) is 0 Å². The van der Waals surface area contributed by atoms with E-state index >= 15 is 0 Å². The van der Waals surface area contributed by atoms with Crippen LogP contribution in [0.1, 0.15) is 18.1 Å². The van der Waals surface area contributed by atoms with Gasteiger partial charge in [-0.25, -0.2) is 5.43 Å². The lowest BCUT2D eigenvalue weighted by atomic mass is 10.1. The van der Waals surface area contributed by atoms with Crippen molar-refractivity contribution in [1.29, 1.82) is 0 Å². The summed E-state index contributed by atoms with van der Waals surface area (Å²) in [4.78, 5) is 12.2. The zero-order valence-corrected chi connectivity index (χ0v) is 13.7. The minimum Gasteiger partial charge on any atom is -0.485 e. The maximum absolute atomic E-state index is 12.8. The molecule has 2 aromatic carbocycles. The molecular formula is C18H15F3N2O3. The molecule has 0 saturated heterocycles. The van der Waals surface area contributed by atoms with Crippen LogP contribution in [-0.2, 0) is 11.0 Å². The molecule has 0 unspecified atom stereocenters. The molecule has 136 valence electrons. The molecule has 0 aromatic heterocycles. The molecule has 1 atom stereocenters. The highest BCUT2D eigenvalue weighted by molar-refractivity contribution is 5.99. The minimum absolute atomic E-state index is 0.0149. The van der Waals surface area contributed by atoms with Gasteiger partial charge in [0.15, 0.2) is 11.5 Å². The summed E-state index contributed by atoms with van der Waals surface area (Å²) < 4.78 is 49.3. The predicted molar refractivity (Wildman–Crippen MR) is 88.2 cm³/mol. The van der Waals surface area contributed by atoms with E-state index in [0.717, 1.165) is 12.1 Å². The van der Waals surface area contributed by atoms with Gasteiger partial charge < -0.3 is 9.47 Å². The first kappa shape index (κ1) is 17.8. The van der Waals surface area contributed by atoms with Crippen molar-refractivity contribution in [2.45, 2.75) is 19.2 Å². The number of carbonyl (C=O) groups excluding carboxylic acids is 1. The molecule has 1 aliphatic rings. The monoisotopic (exact) mass is 364 g/mol. The summed E-state index contributed by atoms with van der Waals surface area (Å²) >= 11 is 0. The third kappa shape index (κ3) is 3.96. The number of para-hydroxylation sites is 2. The van der Waals surface area contributed by atoms with Crippen LogP contribution in [0.25, 0.3) is 0 Å². The van der Waals surface area contributed by atoms with Crippen molar-refractivity contribution in [3.63, 3.8) is 0 Å². The maximum atomic E-state index is 12.8. The highest BCUT2D eigenvalue weighted by Crippen LogP contribution is 2.31. The molecule has 0 spiro atoms. The number of fused-ring (bicyclic) bond motifs is 1. The van der Waals surface area contributed by atoms with Crippen molar-refractivity contribution in [3.05, 3.63) is 59.7 Å². The molecule has 0 bridgehead atoms. The highest BCUT2D eigenvalue weighted by atomic mass is 19.4. The van der Waals surface area contributed by atoms with E-state index in [2.05, 4.69) is 10.5 Å². The summed E-state index contributed by atoms with van der Waals surface area (Å²) in [5.74, 6) is 0.434. The fourth-order valence-corrected chi connectivity index (χ4v) is 2.34. The summed E-state index contributed by atoms with van der Waals surface area (Å²) in [6.45, 7) is 1.52. The Morgan fingerprint density at radius 2 is 1.88 bits per heavy atom. The molecule has 0 aliphatic carbocycles. The number of hydrogen-bond donors (Lipinski definition) is 1. The molecule has 26 heavy (non-hydrogen) atoms. The summed E-state index contributed by atoms with van der Waals surface area (Å²) in [6.07, 6.45) is -5.34. The van der Waals surface area contributed by atoms with Gasteiger partial charge in [-0.05, 0) is 36.8 Å². The Labute approximate surface area is 147 Å². The average Bonchev–Trinajstić information content (AvgIpc) is 2.64. The van der Waals surface area contributed by atoms with E-state index in [0.29, 0.717) is 11.5 Å². The SMILES string of the molecule is C/C(=N\NC(=O)[C@H]1COc2ccccc2O1)c1cccc(C(F)(F)F)c1. The van der Waals surface area contributed by atoms with Crippen LogP contribution >= 0.6 is 0 Å². The van der Waals surface area contributed by atoms with Crippen molar-refractivity contribution in [3.8, 4) is 11.5 Å². The van der Waals surface area contributed by atoms with Gasteiger partial charge in [0.2, 0.25) is 6.10 Å². The van der Waals surface area contributed by atoms with Gasteiger partial charge in [-0.2, -0.15) is 18.3 Å². The molecule has 1 N–H and O–H groups in total. The summed E-state index contributed by atoms with van der Waals surface area (Å²) in [7, 11) is 0. The number of nitrogens with one attached hydrogen (secondary N) is 1. The first-order valence-corrected chi connectivity index (χ1v) is 7.75. The van der Waals surface area contributed by atoms with Gasteiger partial charge in [0.05, 0.1) is 11.3 Å². The molecule has 0 saturated carbocycles.